The predicted molar refractivity (Wildman–Crippen MR) is 305 cm³/mol. The Morgan fingerprint density at radius 2 is 1.37 bits per heavy atom. The van der Waals surface area contributed by atoms with E-state index in [0.717, 1.165) is 11.1 Å². The van der Waals surface area contributed by atoms with Crippen LogP contribution in [0, 0.1) is 27.6 Å². The van der Waals surface area contributed by atoms with Gasteiger partial charge in [-0.1, -0.05) is 84.3 Å². The highest BCUT2D eigenvalue weighted by atomic mass is 35.5. The highest BCUT2D eigenvalue weighted by Gasteiger charge is 2.64. The highest BCUT2D eigenvalue weighted by Crippen LogP contribution is 2.55. The van der Waals surface area contributed by atoms with Crippen molar-refractivity contribution in [2.45, 2.75) is 143 Å². The van der Waals surface area contributed by atoms with Crippen molar-refractivity contribution in [3.8, 4) is 17.6 Å². The van der Waals surface area contributed by atoms with Crippen LogP contribution in [-0.4, -0.2) is 161 Å². The van der Waals surface area contributed by atoms with Crippen molar-refractivity contribution in [3.63, 3.8) is 0 Å². The van der Waals surface area contributed by atoms with E-state index in [1.54, 1.807) is 75.1 Å². The first-order valence-corrected chi connectivity index (χ1v) is 28.4. The standard InChI is InChI=1S/C61H85ClN6O13/c1-39(67(12)57(73)81-59(5,6)7)51(69)65-50(58(2,3)4)54(72)68-25-15-18-47(68)53(71)64-49-45-17-14-13-16-41(45)36-48(49)79-35-33-77-31-29-75-27-26-74-28-30-76-32-34-78-43-22-19-40(20-23-43)52(70)66-55-60(8,9)56(61(55,10)11)80-44-24-21-42(38-63)46(62)37-44/h13-14,16-17,19-24,37,39,47-50,55-56H,15,18,25-36H2,1-12H3,(H,64,71)(H,65,69)(H,66,70)/t39-,47?,48+,49-,50+,55-,56-/m0/s1. The van der Waals surface area contributed by atoms with Crippen molar-refractivity contribution >= 4 is 41.3 Å². The fourth-order valence-corrected chi connectivity index (χ4v) is 11.1. The minimum Gasteiger partial charge on any atom is -0.491 e. The van der Waals surface area contributed by atoms with E-state index >= 15 is 0 Å². The van der Waals surface area contributed by atoms with Gasteiger partial charge in [0.1, 0.15) is 54.0 Å². The molecule has 0 bridgehead atoms. The molecule has 3 aromatic carbocycles. The van der Waals surface area contributed by atoms with E-state index in [9.17, 15) is 29.2 Å². The average molecular weight is 1150 g/mol. The highest BCUT2D eigenvalue weighted by molar-refractivity contribution is 6.31. The van der Waals surface area contributed by atoms with Gasteiger partial charge in [0.15, 0.2) is 0 Å². The van der Waals surface area contributed by atoms with E-state index in [1.807, 2.05) is 45.0 Å². The fraction of sp³-hybridized carbons (Fsp3) is 0.607. The summed E-state index contributed by atoms with van der Waals surface area (Å²) in [5.41, 5.74) is 0.703. The summed E-state index contributed by atoms with van der Waals surface area (Å²) in [6, 6.07) is 18.7. The zero-order valence-electron chi connectivity index (χ0n) is 49.3. The number of nitrogens with zero attached hydrogens (tertiary/aromatic N) is 3. The molecule has 20 heteroatoms. The van der Waals surface area contributed by atoms with Crippen LogP contribution in [-0.2, 0) is 49.2 Å². The Hall–Kier alpha value is -6.01. The van der Waals surface area contributed by atoms with E-state index in [4.69, 9.17) is 49.5 Å². The van der Waals surface area contributed by atoms with E-state index in [-0.39, 0.29) is 46.8 Å². The molecule has 19 nitrogen and oxygen atoms in total. The number of benzene rings is 3. The Bertz CT molecular complexity index is 2650. The van der Waals surface area contributed by atoms with Gasteiger partial charge in [0.05, 0.1) is 82.2 Å². The van der Waals surface area contributed by atoms with Gasteiger partial charge in [0.25, 0.3) is 5.91 Å². The summed E-state index contributed by atoms with van der Waals surface area (Å²) in [5, 5.41) is 18.9. The van der Waals surface area contributed by atoms with E-state index in [2.05, 4.69) is 49.7 Å². The minimum absolute atomic E-state index is 0.166. The molecule has 1 aliphatic heterocycles. The third-order valence-corrected chi connectivity index (χ3v) is 15.4. The van der Waals surface area contributed by atoms with Gasteiger partial charge >= 0.3 is 6.09 Å². The Morgan fingerprint density at radius 1 is 0.790 bits per heavy atom. The number of fused-ring (bicyclic) bond motifs is 1. The van der Waals surface area contributed by atoms with Crippen LogP contribution in [0.15, 0.2) is 66.7 Å². The second kappa shape index (κ2) is 28.3. The molecule has 0 spiro atoms. The third-order valence-electron chi connectivity index (χ3n) is 15.1. The van der Waals surface area contributed by atoms with Crippen LogP contribution >= 0.6 is 11.6 Å². The van der Waals surface area contributed by atoms with Crippen LogP contribution in [0.2, 0.25) is 5.02 Å². The lowest BCUT2D eigenvalue weighted by Crippen LogP contribution is -2.74. The first-order chi connectivity index (χ1) is 38.2. The SMILES string of the molecule is C[C@@H](C(=O)N[C@H](C(=O)N1CCCC1C(=O)N[C@H]1c2ccccc2C[C@H]1OCCOCCOCCOCCOCCOc1ccc(C(=O)N[C@H]2C(C)(C)[C@H](Oc3ccc(C#N)c(Cl)c3)C2(C)C)cc1)C(C)(C)C)N(C)C(=O)OC(C)(C)C. The Morgan fingerprint density at radius 3 is 1.95 bits per heavy atom. The molecule has 444 valence electrons. The van der Waals surface area contributed by atoms with Crippen LogP contribution in [0.25, 0.3) is 0 Å². The number of nitriles is 1. The zero-order chi connectivity index (χ0) is 59.3. The summed E-state index contributed by atoms with van der Waals surface area (Å²) < 4.78 is 46.7. The first kappa shape index (κ1) is 64.2. The minimum atomic E-state index is -0.967. The Labute approximate surface area is 483 Å². The maximum absolute atomic E-state index is 14.3. The monoisotopic (exact) mass is 1140 g/mol. The number of halogens is 1. The maximum atomic E-state index is 14.3. The number of ether oxygens (including phenoxy) is 8. The molecule has 3 aliphatic rings. The summed E-state index contributed by atoms with van der Waals surface area (Å²) >= 11 is 6.24. The maximum Gasteiger partial charge on any atom is 0.410 e. The molecule has 81 heavy (non-hydrogen) atoms. The van der Waals surface area contributed by atoms with Crippen molar-refractivity contribution in [2.24, 2.45) is 16.2 Å². The fourth-order valence-electron chi connectivity index (χ4n) is 10.9. The number of hydrogen-bond acceptors (Lipinski definition) is 14. The average Bonchev–Trinajstić information content (AvgIpc) is 4.15. The van der Waals surface area contributed by atoms with Crippen molar-refractivity contribution in [1.82, 2.24) is 25.8 Å². The van der Waals surface area contributed by atoms with Crippen molar-refractivity contribution in [2.75, 3.05) is 79.7 Å². The van der Waals surface area contributed by atoms with Crippen LogP contribution < -0.4 is 25.4 Å². The van der Waals surface area contributed by atoms with Crippen molar-refractivity contribution in [3.05, 3.63) is 94.0 Å². The lowest BCUT2D eigenvalue weighted by Gasteiger charge is -2.63. The quantitative estimate of drug-likeness (QED) is 0.0619. The van der Waals surface area contributed by atoms with Crippen LogP contribution in [0.3, 0.4) is 0 Å². The summed E-state index contributed by atoms with van der Waals surface area (Å²) in [6.07, 6.45) is 0.474. The molecule has 1 heterocycles. The predicted octanol–water partition coefficient (Wildman–Crippen LogP) is 7.84. The molecule has 2 aliphatic carbocycles. The van der Waals surface area contributed by atoms with E-state index in [0.29, 0.717) is 120 Å². The largest absolute Gasteiger partial charge is 0.491 e. The van der Waals surface area contributed by atoms with Gasteiger partial charge in [-0.2, -0.15) is 5.26 Å². The summed E-state index contributed by atoms with van der Waals surface area (Å²) in [5.74, 6) is -0.157. The summed E-state index contributed by atoms with van der Waals surface area (Å²) in [4.78, 5) is 70.8. The van der Waals surface area contributed by atoms with Gasteiger partial charge in [0, 0.05) is 48.5 Å². The Balaban J connectivity index is 0.818. The molecule has 1 saturated carbocycles. The number of amides is 5. The molecule has 2 fully saturated rings. The molecule has 1 unspecified atom stereocenters. The molecule has 0 radical (unpaired) electrons. The van der Waals surface area contributed by atoms with E-state index < -0.39 is 47.2 Å². The van der Waals surface area contributed by atoms with E-state index in [1.165, 1.54) is 11.9 Å². The molecule has 3 aromatic rings. The summed E-state index contributed by atoms with van der Waals surface area (Å²) in [6.45, 7) is 24.6. The van der Waals surface area contributed by atoms with Crippen LogP contribution in [0.4, 0.5) is 4.79 Å². The van der Waals surface area contributed by atoms with Crippen LogP contribution in [0.1, 0.15) is 122 Å². The zero-order valence-corrected chi connectivity index (χ0v) is 50.1. The van der Waals surface area contributed by atoms with Crippen LogP contribution in [0.5, 0.6) is 11.5 Å². The topological polar surface area (TPSA) is 226 Å². The number of rotatable bonds is 27. The third kappa shape index (κ3) is 17.0. The normalized spacial score (nSPS) is 20.6. The first-order valence-electron chi connectivity index (χ1n) is 28.0. The molecular weight excluding hydrogens is 1060 g/mol. The summed E-state index contributed by atoms with van der Waals surface area (Å²) in [7, 11) is 1.48. The van der Waals surface area contributed by atoms with Gasteiger partial charge in [-0.05, 0) is 93.5 Å². The number of carbonyl (C=O) groups is 5. The van der Waals surface area contributed by atoms with Gasteiger partial charge < -0.3 is 58.7 Å². The molecule has 0 aromatic heterocycles. The lowest BCUT2D eigenvalue weighted by molar-refractivity contribution is -0.164. The molecule has 3 N–H and O–H groups in total. The lowest BCUT2D eigenvalue weighted by atomic mass is 9.49. The Kier molecular flexibility index (Phi) is 22.4. The van der Waals surface area contributed by atoms with Crippen molar-refractivity contribution in [1.29, 1.82) is 5.26 Å². The van der Waals surface area contributed by atoms with Gasteiger partial charge in [-0.3, -0.25) is 24.1 Å². The van der Waals surface area contributed by atoms with Gasteiger partial charge in [0.2, 0.25) is 17.7 Å². The van der Waals surface area contributed by atoms with Gasteiger partial charge in [-0.15, -0.1) is 0 Å². The molecular formula is C61H85ClN6O13. The number of likely N-dealkylation sites (tertiary alicyclic amines) is 1. The number of hydrogen-bond donors (Lipinski definition) is 3. The number of nitrogens with one attached hydrogen (secondary N) is 3. The smallest absolute Gasteiger partial charge is 0.410 e. The van der Waals surface area contributed by atoms with Gasteiger partial charge in [-0.25, -0.2) is 4.79 Å². The number of carbonyl (C=O) groups excluding carboxylic acids is 5. The second-order valence-electron chi connectivity index (χ2n) is 24.2. The molecule has 6 rings (SSSR count). The molecule has 1 saturated heterocycles. The number of likely N-dealkylation sites (N-methyl/N-ethyl adjacent to an activating group) is 1. The second-order valence-corrected chi connectivity index (χ2v) is 24.6. The molecule has 5 amide bonds. The molecule has 5 atom stereocenters. The van der Waals surface area contributed by atoms with Crippen molar-refractivity contribution < 1.29 is 61.9 Å².